The van der Waals surface area contributed by atoms with E-state index < -0.39 is 11.9 Å². The summed E-state index contributed by atoms with van der Waals surface area (Å²) in [6.45, 7) is 0. The molecule has 0 aliphatic heterocycles. The van der Waals surface area contributed by atoms with Crippen LogP contribution in [0.25, 0.3) is 0 Å². The third-order valence-corrected chi connectivity index (χ3v) is 1.28. The van der Waals surface area contributed by atoms with Crippen molar-refractivity contribution in [2.75, 3.05) is 0 Å². The van der Waals surface area contributed by atoms with Crippen molar-refractivity contribution in [2.24, 2.45) is 0 Å². The molecule has 0 aromatic heterocycles. The summed E-state index contributed by atoms with van der Waals surface area (Å²) in [6, 6.07) is 5.95. The van der Waals surface area contributed by atoms with Crippen molar-refractivity contribution in [3.8, 4) is 0 Å². The third-order valence-electron chi connectivity index (χ3n) is 1.28. The second-order valence-corrected chi connectivity index (χ2v) is 2.12. The van der Waals surface area contributed by atoms with Gasteiger partial charge in [-0.15, -0.1) is 6.07 Å². The number of carboxylic acid groups (broad SMARTS) is 2. The first-order valence-electron chi connectivity index (χ1n) is 3.09. The Morgan fingerprint density at radius 2 is 1.43 bits per heavy atom. The Kier molecular flexibility index (Phi) is 8.22. The molecule has 0 heterocycles. The first-order valence-corrected chi connectivity index (χ1v) is 3.09. The van der Waals surface area contributed by atoms with Gasteiger partial charge in [0.15, 0.2) is 0 Å². The largest absolute Gasteiger partial charge is 1.00 e. The number of rotatable bonds is 2. The molecule has 6 heteroatoms. The van der Waals surface area contributed by atoms with Crippen molar-refractivity contribution in [1.82, 2.24) is 0 Å². The number of carboxylic acids is 2. The maximum Gasteiger partial charge on any atom is 1.00 e. The quantitative estimate of drug-likeness (QED) is 0.404. The molecule has 0 bridgehead atoms. The molecule has 0 fully saturated rings. The van der Waals surface area contributed by atoms with Crippen molar-refractivity contribution < 1.29 is 49.4 Å². The van der Waals surface area contributed by atoms with Gasteiger partial charge in [-0.05, 0) is 11.1 Å². The van der Waals surface area contributed by atoms with E-state index in [0.717, 1.165) is 6.07 Å². The number of benzene rings is 1. The van der Waals surface area contributed by atoms with Crippen LogP contribution in [0.5, 0.6) is 0 Å². The topological polar surface area (TPSA) is 74.6 Å². The predicted molar refractivity (Wildman–Crippen MR) is 45.0 cm³/mol. The predicted octanol–water partition coefficient (Wildman–Crippen LogP) is -2.49. The molecule has 1 aromatic carbocycles. The molecule has 14 heavy (non-hydrogen) atoms. The molecule has 1 radical (unpaired) electrons. The van der Waals surface area contributed by atoms with Crippen LogP contribution in [0.4, 0.5) is 0 Å². The fourth-order valence-electron chi connectivity index (χ4n) is 0.719. The van der Waals surface area contributed by atoms with Gasteiger partial charge in [-0.1, -0.05) is 0 Å². The van der Waals surface area contributed by atoms with E-state index in [4.69, 9.17) is 10.2 Å². The van der Waals surface area contributed by atoms with Gasteiger partial charge in [0.05, 0.1) is 0 Å². The van der Waals surface area contributed by atoms with E-state index in [2.05, 4.69) is 6.07 Å². The minimum atomic E-state index is -1.16. The summed E-state index contributed by atoms with van der Waals surface area (Å²) < 4.78 is 0. The Bertz CT molecular complexity index is 311. The minimum Gasteiger partial charge on any atom is -0.487 e. The zero-order valence-corrected chi connectivity index (χ0v) is 9.94. The van der Waals surface area contributed by atoms with Gasteiger partial charge in [0, 0.05) is 18.9 Å². The molecular formula is C8H5LiNaO4. The van der Waals surface area contributed by atoms with Crippen molar-refractivity contribution in [2.45, 2.75) is 0 Å². The van der Waals surface area contributed by atoms with Crippen LogP contribution < -0.4 is 29.6 Å². The first-order chi connectivity index (χ1) is 5.61. The van der Waals surface area contributed by atoms with Gasteiger partial charge in [0.2, 0.25) is 0 Å². The van der Waals surface area contributed by atoms with Gasteiger partial charge in [-0.3, -0.25) is 9.59 Å². The second-order valence-electron chi connectivity index (χ2n) is 2.12. The molecular weight excluding hydrogens is 190 g/mol. The number of hydrogen-bond acceptors (Lipinski definition) is 2. The standard InChI is InChI=1S/C8H5O4.Li.Na/c9-7(10)5-2-1-3-6(4-5)8(11)12;;/h2-4H,(H,9,10)(H,11,12);;/q-1;;+1. The van der Waals surface area contributed by atoms with Crippen LogP contribution in [0, 0.1) is 6.07 Å². The molecule has 0 aliphatic carbocycles. The molecule has 0 saturated carbocycles. The Balaban J connectivity index is 0. The van der Waals surface area contributed by atoms with E-state index in [9.17, 15) is 9.59 Å². The third kappa shape index (κ3) is 4.31. The summed E-state index contributed by atoms with van der Waals surface area (Å²) in [5, 5.41) is 17.0. The fourth-order valence-corrected chi connectivity index (χ4v) is 0.719. The molecule has 2 N–H and O–H groups in total. The van der Waals surface area contributed by atoms with Crippen molar-refractivity contribution in [3.63, 3.8) is 0 Å². The average Bonchev–Trinajstić information content (AvgIpc) is 2.04. The summed E-state index contributed by atoms with van der Waals surface area (Å²) in [4.78, 5) is 20.7. The van der Waals surface area contributed by atoms with Gasteiger partial charge in [0.1, 0.15) is 0 Å². The summed E-state index contributed by atoms with van der Waals surface area (Å²) >= 11 is 0. The molecule has 0 unspecified atom stereocenters. The molecule has 0 spiro atoms. The molecule has 0 aliphatic rings. The Morgan fingerprint density at radius 1 is 1.07 bits per heavy atom. The maximum absolute atomic E-state index is 10.4. The molecule has 0 atom stereocenters. The van der Waals surface area contributed by atoms with Crippen LogP contribution in [0.1, 0.15) is 20.7 Å². The van der Waals surface area contributed by atoms with Crippen LogP contribution in [0.15, 0.2) is 18.2 Å². The van der Waals surface area contributed by atoms with Crippen molar-refractivity contribution in [3.05, 3.63) is 35.4 Å². The van der Waals surface area contributed by atoms with Gasteiger partial charge < -0.3 is 10.2 Å². The monoisotopic (exact) mass is 195 g/mol. The van der Waals surface area contributed by atoms with Gasteiger partial charge in [0.25, 0.3) is 11.9 Å². The average molecular weight is 195 g/mol. The zero-order chi connectivity index (χ0) is 9.14. The maximum atomic E-state index is 10.4. The fraction of sp³-hybridized carbons (Fsp3) is 0. The minimum absolute atomic E-state index is 0. The summed E-state index contributed by atoms with van der Waals surface area (Å²) in [5.74, 6) is -2.32. The van der Waals surface area contributed by atoms with Crippen LogP contribution >= 0.6 is 0 Å². The van der Waals surface area contributed by atoms with Crippen LogP contribution in [0.2, 0.25) is 0 Å². The molecule has 1 rings (SSSR count). The van der Waals surface area contributed by atoms with Crippen LogP contribution in [0.3, 0.4) is 0 Å². The van der Waals surface area contributed by atoms with E-state index in [1.54, 1.807) is 0 Å². The molecule has 1 aromatic rings. The van der Waals surface area contributed by atoms with E-state index >= 15 is 0 Å². The first kappa shape index (κ1) is 16.2. The second kappa shape index (κ2) is 7.10. The normalized spacial score (nSPS) is 8.00. The van der Waals surface area contributed by atoms with E-state index in [1.807, 2.05) is 0 Å². The number of aromatic carboxylic acids is 2. The van der Waals surface area contributed by atoms with E-state index in [1.165, 1.54) is 12.1 Å². The van der Waals surface area contributed by atoms with Crippen molar-refractivity contribution >= 4 is 30.8 Å². The van der Waals surface area contributed by atoms with Crippen LogP contribution in [-0.4, -0.2) is 41.0 Å². The van der Waals surface area contributed by atoms with E-state index in [-0.39, 0.29) is 59.5 Å². The summed E-state index contributed by atoms with van der Waals surface area (Å²) in [6.07, 6.45) is 0. The van der Waals surface area contributed by atoms with Gasteiger partial charge in [-0.2, -0.15) is 18.2 Å². The summed E-state index contributed by atoms with van der Waals surface area (Å²) in [5.41, 5.74) is -0.148. The Hall–Kier alpha value is -0.243. The summed E-state index contributed by atoms with van der Waals surface area (Å²) in [7, 11) is 0. The molecule has 0 saturated heterocycles. The number of hydrogen-bond donors (Lipinski definition) is 2. The molecule has 63 valence electrons. The Labute approximate surface area is 115 Å². The molecule has 0 amide bonds. The van der Waals surface area contributed by atoms with Crippen molar-refractivity contribution in [1.29, 1.82) is 0 Å². The van der Waals surface area contributed by atoms with Crippen LogP contribution in [-0.2, 0) is 0 Å². The smallest absolute Gasteiger partial charge is 0.487 e. The zero-order valence-electron chi connectivity index (χ0n) is 7.94. The SMILES string of the molecule is O=C(O)c1c[c-]cc(C(=O)O)c1.[Li].[Na+]. The Morgan fingerprint density at radius 3 is 1.71 bits per heavy atom. The number of carbonyl (C=O) groups is 2. The van der Waals surface area contributed by atoms with Gasteiger partial charge in [-0.25, -0.2) is 0 Å². The molecule has 4 nitrogen and oxygen atoms in total. The van der Waals surface area contributed by atoms with E-state index in [0.29, 0.717) is 0 Å². The van der Waals surface area contributed by atoms with Gasteiger partial charge >= 0.3 is 29.6 Å².